The fourth-order valence-electron chi connectivity index (χ4n) is 3.67. The fourth-order valence-corrected chi connectivity index (χ4v) is 3.67. The number of hydrogen-bond acceptors (Lipinski definition) is 15. The van der Waals surface area contributed by atoms with Crippen LogP contribution in [0.25, 0.3) is 0 Å². The summed E-state index contributed by atoms with van der Waals surface area (Å²) in [6, 6.07) is 0. The van der Waals surface area contributed by atoms with Crippen LogP contribution in [0.5, 0.6) is 0 Å². The molecule has 1 aliphatic heterocycles. The van der Waals surface area contributed by atoms with Crippen molar-refractivity contribution in [3.05, 3.63) is 0 Å². The Kier molecular flexibility index (Phi) is 12.9. The highest BCUT2D eigenvalue weighted by Gasteiger charge is 2.49. The number of aldehydes is 1. The van der Waals surface area contributed by atoms with Crippen LogP contribution < -0.4 is 0 Å². The normalized spacial score (nSPS) is 18.2. The van der Waals surface area contributed by atoms with Crippen molar-refractivity contribution in [1.82, 2.24) is 0 Å². The number of methoxy groups -OCH3 is 1. The van der Waals surface area contributed by atoms with Gasteiger partial charge in [0.25, 0.3) is 0 Å². The number of hydrogen-bond donors (Lipinski definition) is 0. The third kappa shape index (κ3) is 10.1. The Morgan fingerprint density at radius 2 is 1.37 bits per heavy atom. The summed E-state index contributed by atoms with van der Waals surface area (Å²) in [5.74, 6) is -6.31. The first-order valence-electron chi connectivity index (χ1n) is 11.4. The maximum absolute atomic E-state index is 12.1. The minimum absolute atomic E-state index is 0.0708. The van der Waals surface area contributed by atoms with Gasteiger partial charge in [-0.3, -0.25) is 24.0 Å². The summed E-state index contributed by atoms with van der Waals surface area (Å²) in [7, 11) is 1.13. The smallest absolute Gasteiger partial charge is 0.350 e. The number of esters is 6. The summed E-state index contributed by atoms with van der Waals surface area (Å²) in [5, 5.41) is 3.83. The Balaban J connectivity index is 3.67. The molecule has 1 heterocycles. The van der Waals surface area contributed by atoms with Gasteiger partial charge in [0.05, 0.1) is 12.8 Å². The van der Waals surface area contributed by atoms with Gasteiger partial charge in [-0.2, -0.15) is 0 Å². The van der Waals surface area contributed by atoms with Gasteiger partial charge in [0.1, 0.15) is 12.9 Å². The zero-order valence-electron chi connectivity index (χ0n) is 21.8. The van der Waals surface area contributed by atoms with Crippen molar-refractivity contribution < 1.29 is 66.8 Å². The Morgan fingerprint density at radius 1 is 0.842 bits per heavy atom. The van der Waals surface area contributed by atoms with E-state index < -0.39 is 78.9 Å². The van der Waals surface area contributed by atoms with E-state index in [2.05, 4.69) is 9.89 Å². The number of oxime groups is 1. The van der Waals surface area contributed by atoms with E-state index in [1.54, 1.807) is 0 Å². The highest BCUT2D eigenvalue weighted by Crippen LogP contribution is 2.30. The molecule has 212 valence electrons. The first-order valence-corrected chi connectivity index (χ1v) is 11.4. The Morgan fingerprint density at radius 3 is 1.84 bits per heavy atom. The molecule has 0 unspecified atom stereocenters. The lowest BCUT2D eigenvalue weighted by molar-refractivity contribution is -0.205. The van der Waals surface area contributed by atoms with Crippen LogP contribution in [0.2, 0.25) is 0 Å². The summed E-state index contributed by atoms with van der Waals surface area (Å²) in [4.78, 5) is 88.3. The summed E-state index contributed by atoms with van der Waals surface area (Å²) < 4.78 is 30.9. The van der Waals surface area contributed by atoms with Crippen LogP contribution in [0.1, 0.15) is 47.5 Å². The molecule has 0 bridgehead atoms. The standard InChI is InChI=1S/C23H31NO14/c1-11(26)33-10-19(34-12(2)27)21(36-14(4)29)22(37-15(5)30)20(35-13(3)28)16(7-8-25)17-9-18(38-24-17)23(31)32-6/h8,16,18-22H,7,9-10H2,1-6H3/t16-,18+,19+,20-,21-,22+/m0/s1. The van der Waals surface area contributed by atoms with Gasteiger partial charge >= 0.3 is 35.8 Å². The van der Waals surface area contributed by atoms with Crippen LogP contribution in [0.4, 0.5) is 0 Å². The molecule has 0 amide bonds. The average Bonchev–Trinajstić information content (AvgIpc) is 3.30. The average molecular weight is 545 g/mol. The Hall–Kier alpha value is -4.04. The molecule has 0 fully saturated rings. The van der Waals surface area contributed by atoms with Crippen molar-refractivity contribution in [1.29, 1.82) is 0 Å². The molecule has 0 saturated carbocycles. The lowest BCUT2D eigenvalue weighted by Gasteiger charge is -2.37. The summed E-state index contributed by atoms with van der Waals surface area (Å²) in [5.41, 5.74) is 0.0708. The van der Waals surface area contributed by atoms with E-state index in [0.717, 1.165) is 41.7 Å². The highest BCUT2D eigenvalue weighted by atomic mass is 16.7. The quantitative estimate of drug-likeness (QED) is 0.158. The molecule has 6 atom stereocenters. The first kappa shape index (κ1) is 32.0. The molecule has 1 rings (SSSR count). The predicted molar refractivity (Wildman–Crippen MR) is 122 cm³/mol. The number of carbonyl (C=O) groups excluding carboxylic acids is 7. The van der Waals surface area contributed by atoms with E-state index in [9.17, 15) is 33.6 Å². The third-order valence-corrected chi connectivity index (χ3v) is 5.02. The van der Waals surface area contributed by atoms with Crippen LogP contribution in [0.3, 0.4) is 0 Å². The topological polar surface area (TPSA) is 196 Å². The van der Waals surface area contributed by atoms with Crippen LogP contribution in [0.15, 0.2) is 5.16 Å². The highest BCUT2D eigenvalue weighted by molar-refractivity contribution is 5.94. The molecule has 0 aliphatic carbocycles. The number of ether oxygens (including phenoxy) is 6. The minimum atomic E-state index is -1.72. The monoisotopic (exact) mass is 545 g/mol. The second kappa shape index (κ2) is 15.3. The number of rotatable bonds is 14. The molecule has 0 radical (unpaired) electrons. The van der Waals surface area contributed by atoms with E-state index in [0.29, 0.717) is 6.29 Å². The van der Waals surface area contributed by atoms with Gasteiger partial charge in [-0.25, -0.2) is 4.79 Å². The van der Waals surface area contributed by atoms with Gasteiger partial charge in [0.15, 0.2) is 24.4 Å². The van der Waals surface area contributed by atoms with Crippen LogP contribution in [0, 0.1) is 5.92 Å². The fraction of sp³-hybridized carbons (Fsp3) is 0.652. The molecule has 0 aromatic heterocycles. The maximum Gasteiger partial charge on any atom is 0.350 e. The molecule has 0 spiro atoms. The second-order valence-corrected chi connectivity index (χ2v) is 8.09. The summed E-state index contributed by atoms with van der Waals surface area (Å²) in [6.07, 6.45) is -7.78. The first-order chi connectivity index (χ1) is 17.8. The van der Waals surface area contributed by atoms with Crippen molar-refractivity contribution in [2.24, 2.45) is 11.1 Å². The number of nitrogens with zero attached hydrogens (tertiary/aromatic N) is 1. The summed E-state index contributed by atoms with van der Waals surface area (Å²) in [6.45, 7) is 4.52. The molecule has 15 nitrogen and oxygen atoms in total. The SMILES string of the molecule is COC(=O)[C@H]1CC([C@H](CC=O)[C@H](OC(C)=O)[C@@H](OC(C)=O)[C@@H](OC(C)=O)[C@@H](COC(C)=O)OC(C)=O)=NO1. The molecular formula is C23H31NO14. The van der Waals surface area contributed by atoms with E-state index >= 15 is 0 Å². The Labute approximate surface area is 218 Å². The zero-order chi connectivity index (χ0) is 29.0. The van der Waals surface area contributed by atoms with Crippen molar-refractivity contribution in [3.8, 4) is 0 Å². The van der Waals surface area contributed by atoms with Gasteiger partial charge in [-0.15, -0.1) is 0 Å². The van der Waals surface area contributed by atoms with Gasteiger partial charge in [0.2, 0.25) is 6.10 Å². The molecule has 0 aromatic rings. The van der Waals surface area contributed by atoms with Crippen molar-refractivity contribution in [2.45, 2.75) is 78.0 Å². The van der Waals surface area contributed by atoms with Crippen LogP contribution in [-0.4, -0.2) is 92.1 Å². The Bertz CT molecular complexity index is 944. The lowest BCUT2D eigenvalue weighted by atomic mass is 9.85. The second-order valence-electron chi connectivity index (χ2n) is 8.09. The molecule has 15 heteroatoms. The molecule has 0 aromatic carbocycles. The van der Waals surface area contributed by atoms with Gasteiger partial charge in [-0.05, 0) is 0 Å². The van der Waals surface area contributed by atoms with Crippen molar-refractivity contribution in [3.63, 3.8) is 0 Å². The van der Waals surface area contributed by atoms with Crippen LogP contribution >= 0.6 is 0 Å². The van der Waals surface area contributed by atoms with E-state index in [1.165, 1.54) is 0 Å². The van der Waals surface area contributed by atoms with Gasteiger partial charge in [0, 0.05) is 53.4 Å². The van der Waals surface area contributed by atoms with E-state index in [1.807, 2.05) is 0 Å². The lowest BCUT2D eigenvalue weighted by Crippen LogP contribution is -2.56. The minimum Gasteiger partial charge on any atom is -0.466 e. The van der Waals surface area contributed by atoms with E-state index in [4.69, 9.17) is 28.5 Å². The number of carbonyl (C=O) groups is 7. The molecule has 1 aliphatic rings. The molecule has 0 N–H and O–H groups in total. The van der Waals surface area contributed by atoms with Gasteiger partial charge in [-0.1, -0.05) is 5.16 Å². The van der Waals surface area contributed by atoms with Crippen LogP contribution in [-0.2, 0) is 66.8 Å². The zero-order valence-corrected chi connectivity index (χ0v) is 21.8. The largest absolute Gasteiger partial charge is 0.466 e. The predicted octanol–water partition coefficient (Wildman–Crippen LogP) is -0.201. The maximum atomic E-state index is 12.1. The third-order valence-electron chi connectivity index (χ3n) is 5.02. The van der Waals surface area contributed by atoms with Gasteiger partial charge < -0.3 is 38.1 Å². The van der Waals surface area contributed by atoms with E-state index in [-0.39, 0.29) is 18.6 Å². The molecule has 38 heavy (non-hydrogen) atoms. The molecule has 0 saturated heterocycles. The van der Waals surface area contributed by atoms with Crippen molar-refractivity contribution in [2.75, 3.05) is 13.7 Å². The molecular weight excluding hydrogens is 514 g/mol. The summed E-state index contributed by atoms with van der Waals surface area (Å²) >= 11 is 0. The van der Waals surface area contributed by atoms with Crippen molar-refractivity contribution >= 4 is 47.8 Å².